The van der Waals surface area contributed by atoms with Crippen molar-refractivity contribution in [3.63, 3.8) is 0 Å². The number of amides is 1. The number of fused-ring (bicyclic) bond motifs is 1. The summed E-state index contributed by atoms with van der Waals surface area (Å²) in [6.07, 6.45) is 0. The molecule has 3 rings (SSSR count). The van der Waals surface area contributed by atoms with E-state index in [0.29, 0.717) is 36.9 Å². The van der Waals surface area contributed by atoms with Gasteiger partial charge in [0.25, 0.3) is 0 Å². The van der Waals surface area contributed by atoms with Crippen LogP contribution in [0.15, 0.2) is 42.5 Å². The molecule has 0 aromatic heterocycles. The van der Waals surface area contributed by atoms with Crippen LogP contribution < -0.4 is 18.5 Å². The normalized spacial score (nSPS) is 12.9. The first-order valence-electron chi connectivity index (χ1n) is 9.61. The van der Waals surface area contributed by atoms with Gasteiger partial charge in [0.2, 0.25) is 15.9 Å². The maximum atomic E-state index is 12.8. The molecule has 0 unspecified atom stereocenters. The van der Waals surface area contributed by atoms with Crippen molar-refractivity contribution >= 4 is 21.6 Å². The topological polar surface area (TPSA) is 85.4 Å². The lowest BCUT2D eigenvalue weighted by Crippen LogP contribution is -2.42. The summed E-state index contributed by atoms with van der Waals surface area (Å²) >= 11 is 0. The van der Waals surface area contributed by atoms with Gasteiger partial charge in [-0.2, -0.15) is 0 Å². The van der Waals surface area contributed by atoms with Crippen LogP contribution in [0, 0.1) is 0 Å². The molecule has 0 radical (unpaired) electrons. The van der Waals surface area contributed by atoms with E-state index in [1.54, 1.807) is 39.3 Å². The van der Waals surface area contributed by atoms with Gasteiger partial charge in [-0.15, -0.1) is 0 Å². The maximum absolute atomic E-state index is 12.8. The molecule has 30 heavy (non-hydrogen) atoms. The molecule has 0 atom stereocenters. The number of carbonyl (C=O) groups excluding carboxylic acids is 1. The van der Waals surface area contributed by atoms with Crippen LogP contribution >= 0.6 is 0 Å². The van der Waals surface area contributed by atoms with Crippen molar-refractivity contribution < 1.29 is 27.4 Å². The number of anilines is 1. The predicted octanol–water partition coefficient (Wildman–Crippen LogP) is 2.28. The number of benzene rings is 2. The minimum Gasteiger partial charge on any atom is -0.497 e. The second-order valence-corrected chi connectivity index (χ2v) is 9.01. The number of hydrogen-bond donors (Lipinski definition) is 0. The molecule has 1 amide bonds. The molecule has 1 aliphatic heterocycles. The van der Waals surface area contributed by atoms with Crippen molar-refractivity contribution in [2.24, 2.45) is 0 Å². The molecule has 162 valence electrons. The number of nitrogens with zero attached hydrogens (tertiary/aromatic N) is 2. The molecule has 8 nitrogen and oxygen atoms in total. The van der Waals surface area contributed by atoms with E-state index in [1.165, 1.54) is 4.90 Å². The highest BCUT2D eigenvalue weighted by Crippen LogP contribution is 2.34. The van der Waals surface area contributed by atoms with Gasteiger partial charge in [-0.25, -0.2) is 8.42 Å². The zero-order chi connectivity index (χ0) is 21.7. The van der Waals surface area contributed by atoms with Gasteiger partial charge in [0.1, 0.15) is 25.5 Å². The number of sulfonamides is 1. The summed E-state index contributed by atoms with van der Waals surface area (Å²) in [6, 6.07) is 12.2. The Bertz CT molecular complexity index is 991. The van der Waals surface area contributed by atoms with E-state index in [1.807, 2.05) is 24.3 Å². The van der Waals surface area contributed by atoms with Gasteiger partial charge >= 0.3 is 0 Å². The lowest BCUT2D eigenvalue weighted by atomic mass is 10.2. The van der Waals surface area contributed by atoms with E-state index in [0.717, 1.165) is 15.6 Å². The van der Waals surface area contributed by atoms with Crippen LogP contribution in [0.2, 0.25) is 0 Å². The fourth-order valence-electron chi connectivity index (χ4n) is 3.03. The van der Waals surface area contributed by atoms with Gasteiger partial charge in [-0.3, -0.25) is 9.10 Å². The zero-order valence-corrected chi connectivity index (χ0v) is 18.1. The molecule has 1 heterocycles. The van der Waals surface area contributed by atoms with Crippen LogP contribution in [0.3, 0.4) is 0 Å². The molecule has 9 heteroatoms. The van der Waals surface area contributed by atoms with Crippen molar-refractivity contribution in [2.75, 3.05) is 44.0 Å². The van der Waals surface area contributed by atoms with Crippen molar-refractivity contribution in [3.05, 3.63) is 48.0 Å². The number of methoxy groups -OCH3 is 1. The molecular formula is C21H26N2O6S. The fourth-order valence-corrected chi connectivity index (χ4v) is 4.08. The third kappa shape index (κ3) is 4.96. The van der Waals surface area contributed by atoms with Crippen molar-refractivity contribution in [3.8, 4) is 17.2 Å². The monoisotopic (exact) mass is 434 g/mol. The van der Waals surface area contributed by atoms with Crippen LogP contribution in [0.5, 0.6) is 17.2 Å². The van der Waals surface area contributed by atoms with E-state index < -0.39 is 10.0 Å². The molecule has 2 aromatic rings. The number of hydrogen-bond acceptors (Lipinski definition) is 6. The standard InChI is InChI=1S/C21H26N2O6S/c1-4-30(25,26)23(17-7-10-19-20(13-17)29-12-11-28-19)15-21(24)22(2)14-16-5-8-18(27-3)9-6-16/h5-10,13H,4,11-12,14-15H2,1-3H3. The van der Waals surface area contributed by atoms with Crippen molar-refractivity contribution in [2.45, 2.75) is 13.5 Å². The van der Waals surface area contributed by atoms with Gasteiger partial charge in [-0.1, -0.05) is 12.1 Å². The molecule has 0 aliphatic carbocycles. The second kappa shape index (κ2) is 9.25. The minimum absolute atomic E-state index is 0.128. The largest absolute Gasteiger partial charge is 0.497 e. The molecule has 0 spiro atoms. The molecule has 0 bridgehead atoms. The second-order valence-electron chi connectivity index (χ2n) is 6.83. The number of carbonyl (C=O) groups is 1. The summed E-state index contributed by atoms with van der Waals surface area (Å²) in [5, 5.41) is 0. The van der Waals surface area contributed by atoms with E-state index in [2.05, 4.69) is 0 Å². The number of rotatable bonds is 8. The minimum atomic E-state index is -3.68. The Balaban J connectivity index is 1.78. The predicted molar refractivity (Wildman–Crippen MR) is 114 cm³/mol. The number of likely N-dealkylation sites (N-methyl/N-ethyl adjacent to an activating group) is 1. The molecule has 1 aliphatic rings. The van der Waals surface area contributed by atoms with Crippen LogP contribution in [0.1, 0.15) is 12.5 Å². The quantitative estimate of drug-likeness (QED) is 0.634. The Hall–Kier alpha value is -2.94. The van der Waals surface area contributed by atoms with E-state index in [-0.39, 0.29) is 18.2 Å². The van der Waals surface area contributed by atoms with E-state index >= 15 is 0 Å². The lowest BCUT2D eigenvalue weighted by molar-refractivity contribution is -0.128. The van der Waals surface area contributed by atoms with Crippen LogP contribution in [0.4, 0.5) is 5.69 Å². The molecule has 0 N–H and O–H groups in total. The number of ether oxygens (including phenoxy) is 3. The zero-order valence-electron chi connectivity index (χ0n) is 17.3. The average Bonchev–Trinajstić information content (AvgIpc) is 2.77. The Morgan fingerprint density at radius 3 is 2.37 bits per heavy atom. The van der Waals surface area contributed by atoms with Crippen LogP contribution in [0.25, 0.3) is 0 Å². The van der Waals surface area contributed by atoms with Gasteiger partial charge in [0.05, 0.1) is 18.6 Å². The van der Waals surface area contributed by atoms with Crippen LogP contribution in [-0.2, 0) is 21.4 Å². The van der Waals surface area contributed by atoms with Gasteiger partial charge in [0.15, 0.2) is 11.5 Å². The Morgan fingerprint density at radius 2 is 1.73 bits per heavy atom. The maximum Gasteiger partial charge on any atom is 0.243 e. The Labute approximate surface area is 177 Å². The van der Waals surface area contributed by atoms with Crippen molar-refractivity contribution in [1.82, 2.24) is 4.90 Å². The van der Waals surface area contributed by atoms with Gasteiger partial charge in [-0.05, 0) is 36.8 Å². The molecule has 0 saturated carbocycles. The summed E-state index contributed by atoms with van der Waals surface area (Å²) in [5.41, 5.74) is 1.28. The lowest BCUT2D eigenvalue weighted by Gasteiger charge is -2.27. The van der Waals surface area contributed by atoms with E-state index in [9.17, 15) is 13.2 Å². The third-order valence-corrected chi connectivity index (χ3v) is 6.54. The summed E-state index contributed by atoms with van der Waals surface area (Å²) in [6.45, 7) is 2.43. The molecule has 0 fully saturated rings. The van der Waals surface area contributed by atoms with Crippen LogP contribution in [-0.4, -0.2) is 58.9 Å². The average molecular weight is 435 g/mol. The Morgan fingerprint density at radius 1 is 1.07 bits per heavy atom. The molecular weight excluding hydrogens is 408 g/mol. The van der Waals surface area contributed by atoms with E-state index in [4.69, 9.17) is 14.2 Å². The summed E-state index contributed by atoms with van der Waals surface area (Å²) in [7, 11) is -0.443. The first-order chi connectivity index (χ1) is 14.3. The third-order valence-electron chi connectivity index (χ3n) is 4.80. The molecule has 2 aromatic carbocycles. The van der Waals surface area contributed by atoms with Gasteiger partial charge in [0, 0.05) is 19.7 Å². The fraction of sp³-hybridized carbons (Fsp3) is 0.381. The summed E-state index contributed by atoms with van der Waals surface area (Å²) in [4.78, 5) is 14.3. The summed E-state index contributed by atoms with van der Waals surface area (Å²) in [5.74, 6) is 1.30. The first kappa shape index (κ1) is 21.8. The SMILES string of the molecule is CCS(=O)(=O)N(CC(=O)N(C)Cc1ccc(OC)cc1)c1ccc2c(c1)OCCO2. The highest BCUT2D eigenvalue weighted by molar-refractivity contribution is 7.92. The summed E-state index contributed by atoms with van der Waals surface area (Å²) < 4.78 is 42.8. The van der Waals surface area contributed by atoms with Gasteiger partial charge < -0.3 is 19.1 Å². The first-order valence-corrected chi connectivity index (χ1v) is 11.2. The smallest absolute Gasteiger partial charge is 0.243 e. The Kier molecular flexibility index (Phi) is 6.71. The van der Waals surface area contributed by atoms with Crippen molar-refractivity contribution in [1.29, 1.82) is 0 Å². The highest BCUT2D eigenvalue weighted by atomic mass is 32.2. The highest BCUT2D eigenvalue weighted by Gasteiger charge is 2.26. The molecule has 0 saturated heterocycles.